The summed E-state index contributed by atoms with van der Waals surface area (Å²) < 4.78 is 1.81. The summed E-state index contributed by atoms with van der Waals surface area (Å²) in [5.41, 5.74) is 2.75. The van der Waals surface area contributed by atoms with Crippen LogP contribution in [0.3, 0.4) is 0 Å². The molecular weight excluding hydrogens is 224 g/mol. The number of Topliss-reactive ketones (excluding diaryl/α,β-unsaturated/α-hetero) is 1. The number of carbonyl (C=O) groups excluding carboxylic acids is 1. The Hall–Kier alpha value is -1.90. The highest BCUT2D eigenvalue weighted by Crippen LogP contribution is 2.34. The SMILES string of the molecule is CC1(C)CC(=O)c2cn(-c3ccccc3)nc2C1. The lowest BCUT2D eigenvalue weighted by molar-refractivity contribution is 0.0912. The van der Waals surface area contributed by atoms with Crippen LogP contribution in [0.15, 0.2) is 36.5 Å². The van der Waals surface area contributed by atoms with Crippen LogP contribution in [0.5, 0.6) is 0 Å². The molecule has 1 aliphatic carbocycles. The first-order chi connectivity index (χ1) is 8.55. The van der Waals surface area contributed by atoms with Gasteiger partial charge in [0, 0.05) is 12.6 Å². The predicted molar refractivity (Wildman–Crippen MR) is 70.0 cm³/mol. The molecule has 3 heteroatoms. The van der Waals surface area contributed by atoms with E-state index in [1.165, 1.54) is 0 Å². The van der Waals surface area contributed by atoms with E-state index in [-0.39, 0.29) is 11.2 Å². The number of nitrogens with zero attached hydrogens (tertiary/aromatic N) is 2. The summed E-state index contributed by atoms with van der Waals surface area (Å²) in [5.74, 6) is 0.212. The minimum absolute atomic E-state index is 0.0277. The van der Waals surface area contributed by atoms with Gasteiger partial charge >= 0.3 is 0 Å². The van der Waals surface area contributed by atoms with Crippen LogP contribution in [0.1, 0.15) is 36.3 Å². The maximum atomic E-state index is 12.1. The van der Waals surface area contributed by atoms with Crippen molar-refractivity contribution >= 4 is 5.78 Å². The van der Waals surface area contributed by atoms with Gasteiger partial charge in [0.25, 0.3) is 0 Å². The molecule has 0 N–H and O–H groups in total. The Morgan fingerprint density at radius 3 is 2.61 bits per heavy atom. The van der Waals surface area contributed by atoms with E-state index in [1.54, 1.807) is 0 Å². The molecule has 92 valence electrons. The van der Waals surface area contributed by atoms with Crippen molar-refractivity contribution in [1.82, 2.24) is 9.78 Å². The van der Waals surface area contributed by atoms with Crippen molar-refractivity contribution in [2.45, 2.75) is 26.7 Å². The molecule has 0 aliphatic heterocycles. The normalized spacial score (nSPS) is 17.6. The fourth-order valence-corrected chi connectivity index (χ4v) is 2.53. The Labute approximate surface area is 106 Å². The van der Waals surface area contributed by atoms with Crippen LogP contribution in [-0.2, 0) is 6.42 Å². The molecule has 18 heavy (non-hydrogen) atoms. The molecule has 0 atom stereocenters. The van der Waals surface area contributed by atoms with Crippen molar-refractivity contribution in [2.24, 2.45) is 5.41 Å². The maximum absolute atomic E-state index is 12.1. The standard InChI is InChI=1S/C15H16N2O/c1-15(2)8-13-12(14(18)9-15)10-17(16-13)11-6-4-3-5-7-11/h3-7,10H,8-9H2,1-2H3. The molecule has 0 fully saturated rings. The minimum Gasteiger partial charge on any atom is -0.294 e. The van der Waals surface area contributed by atoms with Gasteiger partial charge < -0.3 is 0 Å². The molecule has 1 aliphatic rings. The van der Waals surface area contributed by atoms with E-state index < -0.39 is 0 Å². The number of carbonyl (C=O) groups is 1. The lowest BCUT2D eigenvalue weighted by Crippen LogP contribution is -2.26. The zero-order valence-corrected chi connectivity index (χ0v) is 10.7. The second-order valence-corrected chi connectivity index (χ2v) is 5.71. The predicted octanol–water partition coefficient (Wildman–Crippen LogP) is 3.03. The van der Waals surface area contributed by atoms with Gasteiger partial charge in [0.15, 0.2) is 5.78 Å². The van der Waals surface area contributed by atoms with Crippen LogP contribution in [0, 0.1) is 5.41 Å². The van der Waals surface area contributed by atoms with Crippen molar-refractivity contribution < 1.29 is 4.79 Å². The van der Waals surface area contributed by atoms with Gasteiger partial charge in [-0.15, -0.1) is 0 Å². The Balaban J connectivity index is 2.06. The topological polar surface area (TPSA) is 34.9 Å². The molecule has 1 aromatic carbocycles. The number of hydrogen-bond donors (Lipinski definition) is 0. The first-order valence-electron chi connectivity index (χ1n) is 6.22. The van der Waals surface area contributed by atoms with Crippen molar-refractivity contribution in [3.63, 3.8) is 0 Å². The smallest absolute Gasteiger partial charge is 0.166 e. The fraction of sp³-hybridized carbons (Fsp3) is 0.333. The van der Waals surface area contributed by atoms with Gasteiger partial charge in [-0.3, -0.25) is 4.79 Å². The second kappa shape index (κ2) is 3.80. The van der Waals surface area contributed by atoms with Crippen molar-refractivity contribution in [2.75, 3.05) is 0 Å². The molecule has 0 radical (unpaired) electrons. The summed E-state index contributed by atoms with van der Waals surface area (Å²) in [5, 5.41) is 4.56. The van der Waals surface area contributed by atoms with Gasteiger partial charge in [-0.1, -0.05) is 32.0 Å². The van der Waals surface area contributed by atoms with E-state index in [1.807, 2.05) is 41.2 Å². The summed E-state index contributed by atoms with van der Waals surface area (Å²) in [6.07, 6.45) is 3.34. The number of benzene rings is 1. The van der Waals surface area contributed by atoms with Crippen molar-refractivity contribution in [3.05, 3.63) is 47.8 Å². The molecule has 0 spiro atoms. The number of hydrogen-bond acceptors (Lipinski definition) is 2. The number of rotatable bonds is 1. The summed E-state index contributed by atoms with van der Waals surface area (Å²) in [7, 11) is 0. The maximum Gasteiger partial charge on any atom is 0.166 e. The molecule has 2 aromatic rings. The Morgan fingerprint density at radius 1 is 1.17 bits per heavy atom. The van der Waals surface area contributed by atoms with Crippen molar-refractivity contribution in [1.29, 1.82) is 0 Å². The molecule has 3 rings (SSSR count). The molecule has 1 heterocycles. The Bertz CT molecular complexity index is 596. The molecule has 3 nitrogen and oxygen atoms in total. The van der Waals surface area contributed by atoms with Crippen molar-refractivity contribution in [3.8, 4) is 5.69 Å². The van der Waals surface area contributed by atoms with Gasteiger partial charge in [0.1, 0.15) is 0 Å². The number of fused-ring (bicyclic) bond motifs is 1. The zero-order chi connectivity index (χ0) is 12.8. The summed E-state index contributed by atoms with van der Waals surface area (Å²) in [4.78, 5) is 12.1. The molecule has 0 unspecified atom stereocenters. The number of ketones is 1. The summed E-state index contributed by atoms with van der Waals surface area (Å²) in [6, 6.07) is 9.91. The second-order valence-electron chi connectivity index (χ2n) is 5.71. The van der Waals surface area contributed by atoms with E-state index >= 15 is 0 Å². The van der Waals surface area contributed by atoms with E-state index in [0.717, 1.165) is 23.4 Å². The average Bonchev–Trinajstić information content (AvgIpc) is 2.72. The molecule has 0 amide bonds. The van der Waals surface area contributed by atoms with Crippen LogP contribution in [0.25, 0.3) is 5.69 Å². The summed E-state index contributed by atoms with van der Waals surface area (Å²) in [6.45, 7) is 4.24. The van der Waals surface area contributed by atoms with E-state index in [4.69, 9.17) is 0 Å². The quantitative estimate of drug-likeness (QED) is 0.768. The average molecular weight is 240 g/mol. The molecule has 0 saturated heterocycles. The van der Waals surface area contributed by atoms with Gasteiger partial charge in [0.05, 0.1) is 16.9 Å². The van der Waals surface area contributed by atoms with Gasteiger partial charge in [-0.05, 0) is 24.0 Å². The number of para-hydroxylation sites is 1. The molecule has 1 aromatic heterocycles. The first kappa shape index (κ1) is 11.2. The van der Waals surface area contributed by atoms with E-state index in [0.29, 0.717) is 6.42 Å². The minimum atomic E-state index is 0.0277. The Morgan fingerprint density at radius 2 is 1.89 bits per heavy atom. The third-order valence-electron chi connectivity index (χ3n) is 3.40. The van der Waals surface area contributed by atoms with E-state index in [9.17, 15) is 4.79 Å². The third-order valence-corrected chi connectivity index (χ3v) is 3.40. The lowest BCUT2D eigenvalue weighted by atomic mass is 9.76. The van der Waals surface area contributed by atoms with Gasteiger partial charge in [0.2, 0.25) is 0 Å². The third kappa shape index (κ3) is 1.86. The largest absolute Gasteiger partial charge is 0.294 e. The van der Waals surface area contributed by atoms with Crippen LogP contribution < -0.4 is 0 Å². The van der Waals surface area contributed by atoms with Gasteiger partial charge in [-0.2, -0.15) is 5.10 Å². The molecular formula is C15H16N2O. The zero-order valence-electron chi connectivity index (χ0n) is 10.7. The number of aromatic nitrogens is 2. The van der Waals surface area contributed by atoms with Crippen LogP contribution >= 0.6 is 0 Å². The van der Waals surface area contributed by atoms with Crippen LogP contribution in [-0.4, -0.2) is 15.6 Å². The van der Waals surface area contributed by atoms with Gasteiger partial charge in [-0.25, -0.2) is 4.68 Å². The first-order valence-corrected chi connectivity index (χ1v) is 6.22. The highest BCUT2D eigenvalue weighted by atomic mass is 16.1. The fourth-order valence-electron chi connectivity index (χ4n) is 2.53. The lowest BCUT2D eigenvalue weighted by Gasteiger charge is -2.26. The van der Waals surface area contributed by atoms with Crippen LogP contribution in [0.4, 0.5) is 0 Å². The Kier molecular flexibility index (Phi) is 2.37. The van der Waals surface area contributed by atoms with Crippen LogP contribution in [0.2, 0.25) is 0 Å². The van der Waals surface area contributed by atoms with E-state index in [2.05, 4.69) is 18.9 Å². The highest BCUT2D eigenvalue weighted by molar-refractivity contribution is 5.98. The highest BCUT2D eigenvalue weighted by Gasteiger charge is 2.33. The monoisotopic (exact) mass is 240 g/mol. The summed E-state index contributed by atoms with van der Waals surface area (Å²) >= 11 is 0. The molecule has 0 bridgehead atoms. The molecule has 0 saturated carbocycles.